The van der Waals surface area contributed by atoms with Crippen LogP contribution in [0.4, 0.5) is 0 Å². The third-order valence-electron chi connectivity index (χ3n) is 4.73. The minimum Gasteiger partial charge on any atom is -0.356 e. The first-order valence-corrected chi connectivity index (χ1v) is 8.64. The molecule has 8 heteroatoms. The van der Waals surface area contributed by atoms with E-state index >= 15 is 0 Å². The molecule has 1 N–H and O–H groups in total. The Morgan fingerprint density at radius 1 is 1.22 bits per heavy atom. The average Bonchev–Trinajstić information content (AvgIpc) is 3.38. The van der Waals surface area contributed by atoms with Crippen LogP contribution in [-0.2, 0) is 6.54 Å². The maximum Gasteiger partial charge on any atom is 0.273 e. The van der Waals surface area contributed by atoms with E-state index in [0.29, 0.717) is 22.7 Å². The van der Waals surface area contributed by atoms with Gasteiger partial charge in [0.25, 0.3) is 5.56 Å². The highest BCUT2D eigenvalue weighted by atomic mass is 16.5. The first-order valence-electron chi connectivity index (χ1n) is 8.64. The van der Waals surface area contributed by atoms with E-state index in [-0.39, 0.29) is 5.56 Å². The van der Waals surface area contributed by atoms with Crippen molar-refractivity contribution in [2.24, 2.45) is 0 Å². The molecule has 0 aliphatic heterocycles. The van der Waals surface area contributed by atoms with Crippen molar-refractivity contribution in [3.05, 3.63) is 58.8 Å². The highest BCUT2D eigenvalue weighted by molar-refractivity contribution is 5.84. The van der Waals surface area contributed by atoms with E-state index in [9.17, 15) is 4.79 Å². The number of aryl methyl sites for hydroxylation is 2. The Kier molecular flexibility index (Phi) is 3.27. The first kappa shape index (κ1) is 15.6. The van der Waals surface area contributed by atoms with Gasteiger partial charge in [0.2, 0.25) is 0 Å². The van der Waals surface area contributed by atoms with Crippen LogP contribution in [0.5, 0.6) is 0 Å². The van der Waals surface area contributed by atoms with Crippen molar-refractivity contribution in [2.75, 3.05) is 0 Å². The highest BCUT2D eigenvalue weighted by Gasteiger charge is 2.16. The quantitative estimate of drug-likeness (QED) is 0.534. The predicted molar refractivity (Wildman–Crippen MR) is 100 cm³/mol. The number of nitrogens with one attached hydrogen (secondary N) is 1. The third-order valence-corrected chi connectivity index (χ3v) is 4.73. The van der Waals surface area contributed by atoms with Crippen LogP contribution in [0.15, 0.2) is 52.2 Å². The molecule has 0 amide bonds. The van der Waals surface area contributed by atoms with Crippen LogP contribution in [0, 0.1) is 6.92 Å². The summed E-state index contributed by atoms with van der Waals surface area (Å²) in [6, 6.07) is 7.48. The summed E-state index contributed by atoms with van der Waals surface area (Å²) >= 11 is 0. The summed E-state index contributed by atoms with van der Waals surface area (Å²) in [5.74, 6) is 0.595. The van der Waals surface area contributed by atoms with E-state index in [1.807, 2.05) is 36.0 Å². The predicted octanol–water partition coefficient (Wildman–Crippen LogP) is 3.02. The number of benzene rings is 1. The molecule has 0 aliphatic carbocycles. The number of rotatable bonds is 3. The SMILES string of the molecule is CCn1ncc2cc(-c3cc(=O)n4[nH]cc(-c5oncc5C)c4n3)ccc21. The lowest BCUT2D eigenvalue weighted by Gasteiger charge is -2.04. The van der Waals surface area contributed by atoms with Crippen molar-refractivity contribution in [1.29, 1.82) is 0 Å². The molecule has 134 valence electrons. The zero-order valence-corrected chi connectivity index (χ0v) is 14.8. The fourth-order valence-electron chi connectivity index (χ4n) is 3.35. The van der Waals surface area contributed by atoms with Gasteiger partial charge < -0.3 is 4.52 Å². The summed E-state index contributed by atoms with van der Waals surface area (Å²) in [6.07, 6.45) is 5.17. The molecule has 5 aromatic rings. The van der Waals surface area contributed by atoms with Crippen LogP contribution in [0.1, 0.15) is 12.5 Å². The number of nitrogens with zero attached hydrogens (tertiary/aromatic N) is 5. The molecular weight excluding hydrogens is 344 g/mol. The van der Waals surface area contributed by atoms with Crippen molar-refractivity contribution in [3.8, 4) is 22.6 Å². The maximum atomic E-state index is 12.6. The molecule has 8 nitrogen and oxygen atoms in total. The average molecular weight is 360 g/mol. The standard InChI is InChI=1S/C19H16N6O2/c1-3-24-16-5-4-12(6-13(16)9-20-24)15-7-17(26)25-19(23-15)14(10-21-25)18-11(2)8-22-27-18/h4-10,21H,3H2,1-2H3. The van der Waals surface area contributed by atoms with Crippen LogP contribution in [0.3, 0.4) is 0 Å². The van der Waals surface area contributed by atoms with Gasteiger partial charge in [-0.05, 0) is 26.0 Å². The van der Waals surface area contributed by atoms with E-state index in [4.69, 9.17) is 9.51 Å². The molecular formula is C19H16N6O2. The summed E-state index contributed by atoms with van der Waals surface area (Å²) in [5.41, 5.74) is 4.40. The van der Waals surface area contributed by atoms with Gasteiger partial charge in [-0.25, -0.2) is 9.50 Å². The largest absolute Gasteiger partial charge is 0.356 e. The van der Waals surface area contributed by atoms with Gasteiger partial charge in [-0.1, -0.05) is 11.2 Å². The van der Waals surface area contributed by atoms with Gasteiger partial charge in [-0.3, -0.25) is 14.6 Å². The normalized spacial score (nSPS) is 11.6. The Bertz CT molecular complexity index is 1350. The fourth-order valence-corrected chi connectivity index (χ4v) is 3.35. The lowest BCUT2D eigenvalue weighted by atomic mass is 10.1. The molecule has 0 aliphatic rings. The van der Waals surface area contributed by atoms with Gasteiger partial charge in [0.1, 0.15) is 0 Å². The van der Waals surface area contributed by atoms with E-state index in [2.05, 4.69) is 22.3 Å². The maximum absolute atomic E-state index is 12.6. The number of H-pyrrole nitrogens is 1. The molecule has 0 spiro atoms. The highest BCUT2D eigenvalue weighted by Crippen LogP contribution is 2.28. The van der Waals surface area contributed by atoms with Gasteiger partial charge in [-0.15, -0.1) is 0 Å². The van der Waals surface area contributed by atoms with Crippen LogP contribution < -0.4 is 5.56 Å². The third kappa shape index (κ3) is 2.30. The molecule has 0 radical (unpaired) electrons. The van der Waals surface area contributed by atoms with E-state index in [1.165, 1.54) is 10.6 Å². The molecule has 0 atom stereocenters. The number of fused-ring (bicyclic) bond motifs is 2. The fraction of sp³-hybridized carbons (Fsp3) is 0.158. The smallest absolute Gasteiger partial charge is 0.273 e. The van der Waals surface area contributed by atoms with Crippen molar-refractivity contribution in [1.82, 2.24) is 29.5 Å². The summed E-state index contributed by atoms with van der Waals surface area (Å²) in [6.45, 7) is 4.75. The second-order valence-electron chi connectivity index (χ2n) is 6.40. The molecule has 4 aromatic heterocycles. The Balaban J connectivity index is 1.72. The Morgan fingerprint density at radius 2 is 2.11 bits per heavy atom. The Morgan fingerprint density at radius 3 is 2.89 bits per heavy atom. The second-order valence-corrected chi connectivity index (χ2v) is 6.40. The number of aromatic amines is 1. The molecule has 4 heterocycles. The van der Waals surface area contributed by atoms with Gasteiger partial charge in [0.15, 0.2) is 11.4 Å². The number of hydrogen-bond acceptors (Lipinski definition) is 5. The lowest BCUT2D eigenvalue weighted by molar-refractivity contribution is 0.432. The first-order chi connectivity index (χ1) is 13.2. The minimum absolute atomic E-state index is 0.192. The molecule has 0 bridgehead atoms. The number of hydrogen-bond donors (Lipinski definition) is 1. The molecule has 27 heavy (non-hydrogen) atoms. The zero-order chi connectivity index (χ0) is 18.5. The van der Waals surface area contributed by atoms with Crippen LogP contribution >= 0.6 is 0 Å². The summed E-state index contributed by atoms with van der Waals surface area (Å²) in [7, 11) is 0. The summed E-state index contributed by atoms with van der Waals surface area (Å²) < 4.78 is 8.67. The van der Waals surface area contributed by atoms with E-state index in [0.717, 1.165) is 28.6 Å². The van der Waals surface area contributed by atoms with Crippen molar-refractivity contribution in [2.45, 2.75) is 20.4 Å². The van der Waals surface area contributed by atoms with Gasteiger partial charge in [-0.2, -0.15) is 5.10 Å². The van der Waals surface area contributed by atoms with Crippen LogP contribution in [0.25, 0.3) is 39.1 Å². The van der Waals surface area contributed by atoms with E-state index in [1.54, 1.807) is 12.4 Å². The van der Waals surface area contributed by atoms with Gasteiger partial charge in [0, 0.05) is 35.3 Å². The monoisotopic (exact) mass is 360 g/mol. The Labute approximate surface area is 153 Å². The summed E-state index contributed by atoms with van der Waals surface area (Å²) in [4.78, 5) is 17.3. The molecule has 5 rings (SSSR count). The van der Waals surface area contributed by atoms with Crippen molar-refractivity contribution < 1.29 is 4.52 Å². The van der Waals surface area contributed by atoms with Gasteiger partial charge in [0.05, 0.1) is 29.2 Å². The summed E-state index contributed by atoms with van der Waals surface area (Å²) in [5, 5.41) is 12.1. The molecule has 0 saturated heterocycles. The number of aromatic nitrogens is 6. The molecule has 0 saturated carbocycles. The molecule has 0 unspecified atom stereocenters. The molecule has 1 aromatic carbocycles. The molecule has 0 fully saturated rings. The van der Waals surface area contributed by atoms with Crippen molar-refractivity contribution >= 4 is 16.6 Å². The lowest BCUT2D eigenvalue weighted by Crippen LogP contribution is -2.14. The van der Waals surface area contributed by atoms with Gasteiger partial charge >= 0.3 is 0 Å². The topological polar surface area (TPSA) is 94.0 Å². The van der Waals surface area contributed by atoms with E-state index < -0.39 is 0 Å². The van der Waals surface area contributed by atoms with Crippen LogP contribution in [0.2, 0.25) is 0 Å². The Hall–Kier alpha value is -3.68. The van der Waals surface area contributed by atoms with Crippen LogP contribution in [-0.4, -0.2) is 29.5 Å². The minimum atomic E-state index is -0.192. The zero-order valence-electron chi connectivity index (χ0n) is 14.8. The second kappa shape index (κ2) is 5.66. The van der Waals surface area contributed by atoms with Crippen molar-refractivity contribution in [3.63, 3.8) is 0 Å².